The lowest BCUT2D eigenvalue weighted by atomic mass is 10.2. The summed E-state index contributed by atoms with van der Waals surface area (Å²) in [6, 6.07) is 10.9. The van der Waals surface area contributed by atoms with E-state index in [2.05, 4.69) is 26.2 Å². The second-order valence-electron chi connectivity index (χ2n) is 4.96. The Morgan fingerprint density at radius 1 is 1.25 bits per heavy atom. The van der Waals surface area contributed by atoms with Gasteiger partial charge in [-0.2, -0.15) is 0 Å². The van der Waals surface area contributed by atoms with Gasteiger partial charge < -0.3 is 15.8 Å². The van der Waals surface area contributed by atoms with Crippen molar-refractivity contribution in [3.05, 3.63) is 52.6 Å². The molecule has 1 atom stereocenters. The fourth-order valence-corrected chi connectivity index (χ4v) is 1.98. The van der Waals surface area contributed by atoms with Crippen LogP contribution in [-0.4, -0.2) is 23.5 Å². The summed E-state index contributed by atoms with van der Waals surface area (Å²) < 4.78 is 6.58. The van der Waals surface area contributed by atoms with E-state index in [0.717, 1.165) is 10.9 Å². The Labute approximate surface area is 162 Å². The molecule has 3 N–H and O–H groups in total. The average molecular weight is 437 g/mol. The molecule has 8 heteroatoms. The molecule has 1 aromatic carbocycles. The van der Waals surface area contributed by atoms with Gasteiger partial charge in [-0.3, -0.25) is 4.79 Å². The molecule has 2 aromatic rings. The number of pyridine rings is 1. The van der Waals surface area contributed by atoms with E-state index < -0.39 is 0 Å². The van der Waals surface area contributed by atoms with Crippen molar-refractivity contribution in [1.29, 1.82) is 0 Å². The third-order valence-corrected chi connectivity index (χ3v) is 3.45. The Balaban J connectivity index is 0.00000264. The van der Waals surface area contributed by atoms with Gasteiger partial charge in [0.2, 0.25) is 5.88 Å². The maximum atomic E-state index is 11.9. The van der Waals surface area contributed by atoms with Gasteiger partial charge in [-0.1, -0.05) is 15.9 Å². The SMILES string of the molecule is CC(N)CCNC(=O)c1ccc(Oc2ccc(Br)cc2)nc1.Cl.Cl. The number of ether oxygens (including phenoxy) is 1. The normalized spacial score (nSPS) is 10.8. The summed E-state index contributed by atoms with van der Waals surface area (Å²) in [5.41, 5.74) is 6.13. The fraction of sp³-hybridized carbons (Fsp3) is 0.250. The lowest BCUT2D eigenvalue weighted by molar-refractivity contribution is 0.0952. The number of nitrogens with two attached hydrogens (primary N) is 1. The molecule has 0 aliphatic carbocycles. The van der Waals surface area contributed by atoms with Gasteiger partial charge in [0.15, 0.2) is 0 Å². The number of carbonyl (C=O) groups excluding carboxylic acids is 1. The lowest BCUT2D eigenvalue weighted by Gasteiger charge is -2.08. The highest BCUT2D eigenvalue weighted by molar-refractivity contribution is 9.10. The summed E-state index contributed by atoms with van der Waals surface area (Å²) in [6.07, 6.45) is 2.24. The first kappa shape index (κ1) is 22.7. The van der Waals surface area contributed by atoms with Crippen molar-refractivity contribution in [2.75, 3.05) is 6.54 Å². The summed E-state index contributed by atoms with van der Waals surface area (Å²) in [5, 5.41) is 2.80. The highest BCUT2D eigenvalue weighted by Crippen LogP contribution is 2.21. The molecule has 0 bridgehead atoms. The van der Waals surface area contributed by atoms with Gasteiger partial charge in [0, 0.05) is 29.3 Å². The van der Waals surface area contributed by atoms with Crippen LogP contribution in [0, 0.1) is 0 Å². The van der Waals surface area contributed by atoms with Gasteiger partial charge in [-0.25, -0.2) is 4.98 Å². The molecule has 0 aliphatic heterocycles. The number of amides is 1. The zero-order valence-corrected chi connectivity index (χ0v) is 16.3. The average Bonchev–Trinajstić information content (AvgIpc) is 2.50. The Hall–Kier alpha value is -1.34. The minimum atomic E-state index is -0.164. The fourth-order valence-electron chi connectivity index (χ4n) is 1.71. The van der Waals surface area contributed by atoms with Crippen molar-refractivity contribution in [3.8, 4) is 11.6 Å². The van der Waals surface area contributed by atoms with Crippen LogP contribution in [0.2, 0.25) is 0 Å². The first-order valence-corrected chi connectivity index (χ1v) is 7.77. The van der Waals surface area contributed by atoms with E-state index >= 15 is 0 Å². The predicted molar refractivity (Wildman–Crippen MR) is 104 cm³/mol. The van der Waals surface area contributed by atoms with Crippen LogP contribution in [-0.2, 0) is 0 Å². The van der Waals surface area contributed by atoms with Crippen LogP contribution >= 0.6 is 40.7 Å². The molecule has 1 heterocycles. The number of carbonyl (C=O) groups is 1. The van der Waals surface area contributed by atoms with Crippen molar-refractivity contribution in [2.24, 2.45) is 5.73 Å². The summed E-state index contributed by atoms with van der Waals surface area (Å²) >= 11 is 3.36. The molecule has 0 saturated carbocycles. The molecule has 0 fully saturated rings. The quantitative estimate of drug-likeness (QED) is 0.718. The van der Waals surface area contributed by atoms with Crippen LogP contribution in [0.4, 0.5) is 0 Å². The van der Waals surface area contributed by atoms with Crippen molar-refractivity contribution in [3.63, 3.8) is 0 Å². The molecule has 1 amide bonds. The van der Waals surface area contributed by atoms with E-state index in [1.165, 1.54) is 6.20 Å². The predicted octanol–water partition coefficient (Wildman–Crippen LogP) is 3.95. The second kappa shape index (κ2) is 11.3. The minimum Gasteiger partial charge on any atom is -0.439 e. The number of aromatic nitrogens is 1. The van der Waals surface area contributed by atoms with Crippen LogP contribution in [0.15, 0.2) is 47.1 Å². The molecular weight excluding hydrogens is 417 g/mol. The summed E-state index contributed by atoms with van der Waals surface area (Å²) in [6.45, 7) is 2.45. The molecule has 1 aromatic heterocycles. The van der Waals surface area contributed by atoms with E-state index in [0.29, 0.717) is 23.7 Å². The van der Waals surface area contributed by atoms with Crippen LogP contribution in [0.5, 0.6) is 11.6 Å². The Morgan fingerprint density at radius 2 is 1.92 bits per heavy atom. The number of benzene rings is 1. The first-order chi connectivity index (χ1) is 10.5. The first-order valence-electron chi connectivity index (χ1n) is 6.98. The van der Waals surface area contributed by atoms with E-state index in [4.69, 9.17) is 10.5 Å². The van der Waals surface area contributed by atoms with Gasteiger partial charge in [0.25, 0.3) is 5.91 Å². The maximum absolute atomic E-state index is 11.9. The van der Waals surface area contributed by atoms with Crippen LogP contribution in [0.25, 0.3) is 0 Å². The molecule has 0 spiro atoms. The van der Waals surface area contributed by atoms with E-state index in [1.807, 2.05) is 31.2 Å². The highest BCUT2D eigenvalue weighted by atomic mass is 79.9. The zero-order valence-electron chi connectivity index (χ0n) is 13.1. The van der Waals surface area contributed by atoms with Crippen LogP contribution < -0.4 is 15.8 Å². The van der Waals surface area contributed by atoms with Gasteiger partial charge >= 0.3 is 0 Å². The van der Waals surface area contributed by atoms with Crippen molar-refractivity contribution < 1.29 is 9.53 Å². The Bertz CT molecular complexity index is 622. The number of hydrogen-bond donors (Lipinski definition) is 2. The van der Waals surface area contributed by atoms with Crippen molar-refractivity contribution in [1.82, 2.24) is 10.3 Å². The number of nitrogens with zero attached hydrogens (tertiary/aromatic N) is 1. The van der Waals surface area contributed by atoms with Gasteiger partial charge in [-0.15, -0.1) is 24.8 Å². The standard InChI is InChI=1S/C16H18BrN3O2.2ClH/c1-11(18)8-9-19-16(21)12-2-7-15(20-10-12)22-14-5-3-13(17)4-6-14;;/h2-7,10-11H,8-9,18H2,1H3,(H,19,21);2*1H. The smallest absolute Gasteiger partial charge is 0.252 e. The van der Waals surface area contributed by atoms with E-state index in [9.17, 15) is 4.79 Å². The monoisotopic (exact) mass is 435 g/mol. The van der Waals surface area contributed by atoms with Gasteiger partial charge in [0.1, 0.15) is 5.75 Å². The number of halogens is 3. The third kappa shape index (κ3) is 7.49. The molecule has 24 heavy (non-hydrogen) atoms. The molecule has 0 radical (unpaired) electrons. The largest absolute Gasteiger partial charge is 0.439 e. The molecule has 1 unspecified atom stereocenters. The van der Waals surface area contributed by atoms with Gasteiger partial charge in [0.05, 0.1) is 5.56 Å². The summed E-state index contributed by atoms with van der Waals surface area (Å²) in [7, 11) is 0. The van der Waals surface area contributed by atoms with Crippen molar-refractivity contribution >= 4 is 46.7 Å². The van der Waals surface area contributed by atoms with E-state index in [-0.39, 0.29) is 36.8 Å². The molecule has 2 rings (SSSR count). The Kier molecular flexibility index (Phi) is 10.6. The zero-order chi connectivity index (χ0) is 15.9. The second-order valence-corrected chi connectivity index (χ2v) is 5.88. The maximum Gasteiger partial charge on any atom is 0.252 e. The molecule has 0 saturated heterocycles. The minimum absolute atomic E-state index is 0. The number of hydrogen-bond acceptors (Lipinski definition) is 4. The lowest BCUT2D eigenvalue weighted by Crippen LogP contribution is -2.28. The topological polar surface area (TPSA) is 77.2 Å². The third-order valence-electron chi connectivity index (χ3n) is 2.92. The summed E-state index contributed by atoms with van der Waals surface area (Å²) in [4.78, 5) is 16.0. The Morgan fingerprint density at radius 3 is 2.46 bits per heavy atom. The molecule has 132 valence electrons. The van der Waals surface area contributed by atoms with Crippen LogP contribution in [0.1, 0.15) is 23.7 Å². The number of nitrogens with one attached hydrogen (secondary N) is 1. The molecular formula is C16H20BrCl2N3O2. The highest BCUT2D eigenvalue weighted by Gasteiger charge is 2.07. The molecule has 5 nitrogen and oxygen atoms in total. The van der Waals surface area contributed by atoms with Crippen molar-refractivity contribution in [2.45, 2.75) is 19.4 Å². The number of rotatable bonds is 6. The summed E-state index contributed by atoms with van der Waals surface area (Å²) in [5.74, 6) is 0.961. The molecule has 0 aliphatic rings. The van der Waals surface area contributed by atoms with E-state index in [1.54, 1.807) is 12.1 Å². The van der Waals surface area contributed by atoms with Gasteiger partial charge in [-0.05, 0) is 43.7 Å². The van der Waals surface area contributed by atoms with Crippen LogP contribution in [0.3, 0.4) is 0 Å².